The van der Waals surface area contributed by atoms with Gasteiger partial charge in [0.25, 0.3) is 5.91 Å². The van der Waals surface area contributed by atoms with Gasteiger partial charge in [0.05, 0.1) is 18.9 Å². The molecule has 1 saturated heterocycles. The van der Waals surface area contributed by atoms with Crippen molar-refractivity contribution >= 4 is 34.8 Å². The number of hydrogen-bond acceptors (Lipinski definition) is 4. The summed E-state index contributed by atoms with van der Waals surface area (Å²) < 4.78 is 20.1. The number of amides is 2. The molecule has 1 heterocycles. The monoisotopic (exact) mass is 481 g/mol. The van der Waals surface area contributed by atoms with Crippen LogP contribution < -0.4 is 15.5 Å². The Morgan fingerprint density at radius 2 is 1.71 bits per heavy atom. The van der Waals surface area contributed by atoms with Crippen LogP contribution in [0.25, 0.3) is 0 Å². The molecule has 1 aliphatic heterocycles. The molecule has 34 heavy (non-hydrogen) atoms. The van der Waals surface area contributed by atoms with E-state index in [2.05, 4.69) is 10.6 Å². The molecular formula is C26H25ClFN3O3. The van der Waals surface area contributed by atoms with Gasteiger partial charge in [-0.1, -0.05) is 41.9 Å². The molecule has 176 valence electrons. The Labute approximate surface area is 202 Å². The van der Waals surface area contributed by atoms with Gasteiger partial charge >= 0.3 is 0 Å². The van der Waals surface area contributed by atoms with Crippen LogP contribution in [0.15, 0.2) is 72.8 Å². The zero-order valence-electron chi connectivity index (χ0n) is 18.5. The second-order valence-electron chi connectivity index (χ2n) is 7.98. The van der Waals surface area contributed by atoms with Crippen molar-refractivity contribution in [1.82, 2.24) is 5.32 Å². The van der Waals surface area contributed by atoms with Crippen molar-refractivity contribution in [2.75, 3.05) is 36.5 Å². The van der Waals surface area contributed by atoms with Crippen LogP contribution in [0.1, 0.15) is 15.9 Å². The van der Waals surface area contributed by atoms with Crippen LogP contribution in [0.4, 0.5) is 15.8 Å². The molecule has 0 aromatic heterocycles. The number of halogens is 2. The largest absolute Gasteiger partial charge is 0.378 e. The SMILES string of the molecule is O=C(NC(Cc1ccccc1)C(=O)Nc1ccc(N2CCOCC2)c(F)c1)c1ccc(Cl)cc1. The van der Waals surface area contributed by atoms with E-state index < -0.39 is 23.7 Å². The van der Waals surface area contributed by atoms with Gasteiger partial charge in [-0.3, -0.25) is 9.59 Å². The number of hydrogen-bond donors (Lipinski definition) is 2. The standard InChI is InChI=1S/C26H25ClFN3O3/c27-20-8-6-19(7-9-20)25(32)30-23(16-18-4-2-1-3-5-18)26(33)29-21-10-11-24(22(28)17-21)31-12-14-34-15-13-31/h1-11,17,23H,12-16H2,(H,29,33)(H,30,32). The zero-order valence-corrected chi connectivity index (χ0v) is 19.2. The lowest BCUT2D eigenvalue weighted by Gasteiger charge is -2.29. The Balaban J connectivity index is 1.49. The number of anilines is 2. The molecule has 1 fully saturated rings. The van der Waals surface area contributed by atoms with Gasteiger partial charge in [-0.25, -0.2) is 4.39 Å². The first-order valence-electron chi connectivity index (χ1n) is 11.0. The van der Waals surface area contributed by atoms with Gasteiger partial charge in [0.1, 0.15) is 11.9 Å². The highest BCUT2D eigenvalue weighted by Gasteiger charge is 2.23. The lowest BCUT2D eigenvalue weighted by Crippen LogP contribution is -2.45. The molecular weight excluding hydrogens is 457 g/mol. The summed E-state index contributed by atoms with van der Waals surface area (Å²) in [5.74, 6) is -1.27. The number of rotatable bonds is 7. The van der Waals surface area contributed by atoms with E-state index in [-0.39, 0.29) is 6.42 Å². The second kappa shape index (κ2) is 11.1. The highest BCUT2D eigenvalue weighted by Crippen LogP contribution is 2.24. The average molecular weight is 482 g/mol. The molecule has 0 saturated carbocycles. The molecule has 3 aromatic rings. The summed E-state index contributed by atoms with van der Waals surface area (Å²) in [5, 5.41) is 6.04. The predicted molar refractivity (Wildman–Crippen MR) is 131 cm³/mol. The molecule has 2 N–H and O–H groups in total. The number of ether oxygens (including phenoxy) is 1. The first-order chi connectivity index (χ1) is 16.5. The molecule has 8 heteroatoms. The molecule has 0 aliphatic carbocycles. The Morgan fingerprint density at radius 3 is 2.38 bits per heavy atom. The lowest BCUT2D eigenvalue weighted by molar-refractivity contribution is -0.118. The number of carbonyl (C=O) groups excluding carboxylic acids is 2. The van der Waals surface area contributed by atoms with E-state index in [4.69, 9.17) is 16.3 Å². The third-order valence-electron chi connectivity index (χ3n) is 5.58. The van der Waals surface area contributed by atoms with Crippen LogP contribution in [0, 0.1) is 5.82 Å². The summed E-state index contributed by atoms with van der Waals surface area (Å²) in [4.78, 5) is 27.8. The van der Waals surface area contributed by atoms with Crippen molar-refractivity contribution in [2.24, 2.45) is 0 Å². The quantitative estimate of drug-likeness (QED) is 0.528. The molecule has 1 aliphatic rings. The molecule has 0 radical (unpaired) electrons. The molecule has 1 atom stereocenters. The number of morpholine rings is 1. The van der Waals surface area contributed by atoms with Gasteiger partial charge in [0.2, 0.25) is 5.91 Å². The minimum atomic E-state index is -0.868. The minimum absolute atomic E-state index is 0.278. The van der Waals surface area contributed by atoms with Crippen molar-refractivity contribution in [3.05, 3.63) is 94.8 Å². The van der Waals surface area contributed by atoms with Crippen LogP contribution in [0.5, 0.6) is 0 Å². The van der Waals surface area contributed by atoms with E-state index in [0.29, 0.717) is 48.3 Å². The van der Waals surface area contributed by atoms with Gasteiger partial charge in [-0.2, -0.15) is 0 Å². The fourth-order valence-corrected chi connectivity index (χ4v) is 3.90. The van der Waals surface area contributed by atoms with Gasteiger partial charge in [0.15, 0.2) is 0 Å². The Morgan fingerprint density at radius 1 is 1.00 bits per heavy atom. The summed E-state index contributed by atoms with van der Waals surface area (Å²) in [6.07, 6.45) is 0.278. The van der Waals surface area contributed by atoms with Crippen LogP contribution in [-0.2, 0) is 16.0 Å². The van der Waals surface area contributed by atoms with Gasteiger partial charge in [-0.15, -0.1) is 0 Å². The highest BCUT2D eigenvalue weighted by molar-refractivity contribution is 6.30. The maximum Gasteiger partial charge on any atom is 0.251 e. The molecule has 0 spiro atoms. The van der Waals surface area contributed by atoms with Crippen molar-refractivity contribution in [1.29, 1.82) is 0 Å². The first kappa shape index (κ1) is 23.7. The van der Waals surface area contributed by atoms with Crippen molar-refractivity contribution in [3.8, 4) is 0 Å². The minimum Gasteiger partial charge on any atom is -0.378 e. The van der Waals surface area contributed by atoms with E-state index >= 15 is 0 Å². The topological polar surface area (TPSA) is 70.7 Å². The maximum absolute atomic E-state index is 14.8. The van der Waals surface area contributed by atoms with E-state index in [0.717, 1.165) is 5.56 Å². The molecule has 1 unspecified atom stereocenters. The fraction of sp³-hybridized carbons (Fsp3) is 0.231. The predicted octanol–water partition coefficient (Wildman–Crippen LogP) is 4.30. The van der Waals surface area contributed by atoms with Gasteiger partial charge < -0.3 is 20.3 Å². The van der Waals surface area contributed by atoms with Crippen molar-refractivity contribution in [2.45, 2.75) is 12.5 Å². The van der Waals surface area contributed by atoms with E-state index in [1.165, 1.54) is 6.07 Å². The van der Waals surface area contributed by atoms with Crippen molar-refractivity contribution < 1.29 is 18.7 Å². The second-order valence-corrected chi connectivity index (χ2v) is 8.41. The molecule has 3 aromatic carbocycles. The van der Waals surface area contributed by atoms with E-state index in [1.54, 1.807) is 36.4 Å². The number of nitrogens with zero attached hydrogens (tertiary/aromatic N) is 1. The van der Waals surface area contributed by atoms with Gasteiger partial charge in [0, 0.05) is 35.8 Å². The third-order valence-corrected chi connectivity index (χ3v) is 5.83. The molecule has 4 rings (SSSR count). The highest BCUT2D eigenvalue weighted by atomic mass is 35.5. The third kappa shape index (κ3) is 6.12. The number of benzene rings is 3. The fourth-order valence-electron chi connectivity index (χ4n) is 3.78. The lowest BCUT2D eigenvalue weighted by atomic mass is 10.0. The normalized spacial score (nSPS) is 14.4. The van der Waals surface area contributed by atoms with Crippen LogP contribution in [-0.4, -0.2) is 44.2 Å². The Kier molecular flexibility index (Phi) is 7.77. The van der Waals surface area contributed by atoms with Crippen LogP contribution >= 0.6 is 11.6 Å². The summed E-state index contributed by atoms with van der Waals surface area (Å²) >= 11 is 5.91. The van der Waals surface area contributed by atoms with E-state index in [9.17, 15) is 14.0 Å². The average Bonchev–Trinajstić information content (AvgIpc) is 2.85. The number of carbonyl (C=O) groups is 2. The smallest absolute Gasteiger partial charge is 0.251 e. The van der Waals surface area contributed by atoms with Gasteiger partial charge in [-0.05, 0) is 48.0 Å². The summed E-state index contributed by atoms with van der Waals surface area (Å²) in [7, 11) is 0. The summed E-state index contributed by atoms with van der Waals surface area (Å²) in [6.45, 7) is 2.32. The summed E-state index contributed by atoms with van der Waals surface area (Å²) in [5.41, 5.74) is 2.06. The zero-order chi connectivity index (χ0) is 23.9. The van der Waals surface area contributed by atoms with Crippen LogP contribution in [0.2, 0.25) is 5.02 Å². The first-order valence-corrected chi connectivity index (χ1v) is 11.4. The van der Waals surface area contributed by atoms with Crippen molar-refractivity contribution in [3.63, 3.8) is 0 Å². The molecule has 2 amide bonds. The van der Waals surface area contributed by atoms with Crippen LogP contribution in [0.3, 0.4) is 0 Å². The number of nitrogens with one attached hydrogen (secondary N) is 2. The van der Waals surface area contributed by atoms with E-state index in [1.807, 2.05) is 35.2 Å². The summed E-state index contributed by atoms with van der Waals surface area (Å²) in [6, 6.07) is 19.5. The molecule has 6 nitrogen and oxygen atoms in total. The molecule has 0 bridgehead atoms. The Bertz CT molecular complexity index is 1140. The maximum atomic E-state index is 14.8. The Hall–Kier alpha value is -3.42.